The van der Waals surface area contributed by atoms with Gasteiger partial charge in [-0.05, 0) is 5.56 Å². The zero-order valence-electron chi connectivity index (χ0n) is 10.7. The quantitative estimate of drug-likeness (QED) is 0.943. The number of nitrogens with one attached hydrogen (secondary N) is 1. The molecule has 0 amide bonds. The third kappa shape index (κ3) is 3.34. The van der Waals surface area contributed by atoms with Gasteiger partial charge in [0.1, 0.15) is 5.01 Å². The van der Waals surface area contributed by atoms with E-state index in [4.69, 9.17) is 0 Å². The third-order valence-electron chi connectivity index (χ3n) is 3.32. The largest absolute Gasteiger partial charge is 0.314 e. The van der Waals surface area contributed by atoms with E-state index in [1.54, 1.807) is 11.3 Å². The van der Waals surface area contributed by atoms with Crippen LogP contribution in [0.1, 0.15) is 16.6 Å². The highest BCUT2D eigenvalue weighted by atomic mass is 35.5. The molecule has 0 bridgehead atoms. The van der Waals surface area contributed by atoms with Gasteiger partial charge in [-0.2, -0.15) is 0 Å². The standard InChI is InChI=1S/C14H17N3S.ClH/c1-2-4-12(5-3-1)13(14-16-8-11-18-14)17-9-6-15-7-10-17;/h1-5,8,11,13,15H,6-7,9-10H2;1H. The van der Waals surface area contributed by atoms with Crippen molar-refractivity contribution in [2.75, 3.05) is 26.2 Å². The van der Waals surface area contributed by atoms with E-state index in [9.17, 15) is 0 Å². The number of nitrogens with zero attached hydrogens (tertiary/aromatic N) is 2. The van der Waals surface area contributed by atoms with Gasteiger partial charge in [-0.1, -0.05) is 30.3 Å². The van der Waals surface area contributed by atoms with Crippen molar-refractivity contribution in [2.45, 2.75) is 6.04 Å². The van der Waals surface area contributed by atoms with Crippen molar-refractivity contribution in [3.8, 4) is 0 Å². The van der Waals surface area contributed by atoms with Gasteiger partial charge in [0.15, 0.2) is 0 Å². The SMILES string of the molecule is Cl.c1ccc(C(c2nccs2)N2CCNCC2)cc1. The molecule has 3 rings (SSSR count). The van der Waals surface area contributed by atoms with Crippen LogP contribution in [0.2, 0.25) is 0 Å². The molecule has 1 aliphatic rings. The lowest BCUT2D eigenvalue weighted by atomic mass is 10.1. The molecular weight excluding hydrogens is 278 g/mol. The molecule has 0 spiro atoms. The van der Waals surface area contributed by atoms with E-state index in [0.717, 1.165) is 26.2 Å². The van der Waals surface area contributed by atoms with Crippen LogP contribution in [0.3, 0.4) is 0 Å². The molecule has 1 unspecified atom stereocenters. The van der Waals surface area contributed by atoms with E-state index in [1.165, 1.54) is 10.6 Å². The van der Waals surface area contributed by atoms with Crippen LogP contribution >= 0.6 is 23.7 Å². The van der Waals surface area contributed by atoms with E-state index < -0.39 is 0 Å². The van der Waals surface area contributed by atoms with E-state index in [1.807, 2.05) is 6.20 Å². The first-order valence-electron chi connectivity index (χ1n) is 6.34. The fourth-order valence-corrected chi connectivity index (χ4v) is 3.25. The van der Waals surface area contributed by atoms with Crippen LogP contribution in [-0.2, 0) is 0 Å². The lowest BCUT2D eigenvalue weighted by Crippen LogP contribution is -2.45. The number of thiazole rings is 1. The summed E-state index contributed by atoms with van der Waals surface area (Å²) in [6.07, 6.45) is 1.90. The number of benzene rings is 1. The number of hydrogen-bond acceptors (Lipinski definition) is 4. The Hall–Kier alpha value is -0.940. The molecule has 102 valence electrons. The summed E-state index contributed by atoms with van der Waals surface area (Å²) in [5.41, 5.74) is 1.34. The molecule has 1 N–H and O–H groups in total. The second-order valence-electron chi connectivity index (χ2n) is 4.47. The minimum absolute atomic E-state index is 0. The predicted octanol–water partition coefficient (Wildman–Crippen LogP) is 2.56. The van der Waals surface area contributed by atoms with Crippen molar-refractivity contribution in [2.24, 2.45) is 0 Å². The smallest absolute Gasteiger partial charge is 0.114 e. The van der Waals surface area contributed by atoms with E-state index in [0.29, 0.717) is 6.04 Å². The van der Waals surface area contributed by atoms with Crippen LogP contribution in [0.5, 0.6) is 0 Å². The van der Waals surface area contributed by atoms with Gasteiger partial charge in [0.25, 0.3) is 0 Å². The monoisotopic (exact) mass is 295 g/mol. The number of piperazine rings is 1. The van der Waals surface area contributed by atoms with Gasteiger partial charge in [-0.15, -0.1) is 23.7 Å². The first-order valence-corrected chi connectivity index (χ1v) is 7.22. The number of aromatic nitrogens is 1. The average molecular weight is 296 g/mol. The molecule has 1 aliphatic heterocycles. The molecule has 1 atom stereocenters. The van der Waals surface area contributed by atoms with Gasteiger partial charge >= 0.3 is 0 Å². The van der Waals surface area contributed by atoms with E-state index >= 15 is 0 Å². The number of halogens is 1. The molecule has 2 heterocycles. The highest BCUT2D eigenvalue weighted by molar-refractivity contribution is 7.09. The van der Waals surface area contributed by atoms with Crippen molar-refractivity contribution in [1.82, 2.24) is 15.2 Å². The lowest BCUT2D eigenvalue weighted by Gasteiger charge is -2.34. The summed E-state index contributed by atoms with van der Waals surface area (Å²) in [6, 6.07) is 11.0. The van der Waals surface area contributed by atoms with Crippen LogP contribution in [0.25, 0.3) is 0 Å². The second-order valence-corrected chi connectivity index (χ2v) is 5.40. The maximum absolute atomic E-state index is 4.52. The third-order valence-corrected chi connectivity index (χ3v) is 4.15. The summed E-state index contributed by atoms with van der Waals surface area (Å²) in [7, 11) is 0. The highest BCUT2D eigenvalue weighted by Crippen LogP contribution is 2.29. The Bertz CT molecular complexity index is 469. The minimum Gasteiger partial charge on any atom is -0.314 e. The molecule has 1 fully saturated rings. The number of hydrogen-bond donors (Lipinski definition) is 1. The van der Waals surface area contributed by atoms with Crippen molar-refractivity contribution in [1.29, 1.82) is 0 Å². The summed E-state index contributed by atoms with van der Waals surface area (Å²) in [6.45, 7) is 4.29. The zero-order valence-corrected chi connectivity index (χ0v) is 12.3. The summed E-state index contributed by atoms with van der Waals surface area (Å²) < 4.78 is 0. The summed E-state index contributed by atoms with van der Waals surface area (Å²) in [5, 5.41) is 6.67. The normalized spacial score (nSPS) is 17.7. The number of rotatable bonds is 3. The minimum atomic E-state index is 0. The van der Waals surface area contributed by atoms with Crippen LogP contribution in [0.4, 0.5) is 0 Å². The Morgan fingerprint density at radius 1 is 1.16 bits per heavy atom. The molecule has 1 aromatic carbocycles. The average Bonchev–Trinajstić information content (AvgIpc) is 2.95. The molecule has 5 heteroatoms. The molecule has 0 radical (unpaired) electrons. The molecule has 0 aliphatic carbocycles. The Labute approximate surface area is 124 Å². The molecule has 1 aromatic heterocycles. The highest BCUT2D eigenvalue weighted by Gasteiger charge is 2.25. The van der Waals surface area contributed by atoms with Gasteiger partial charge in [-0.3, -0.25) is 4.90 Å². The van der Waals surface area contributed by atoms with E-state index in [2.05, 4.69) is 50.9 Å². The molecule has 0 saturated carbocycles. The maximum atomic E-state index is 4.52. The first kappa shape index (κ1) is 14.5. The van der Waals surface area contributed by atoms with Gasteiger partial charge < -0.3 is 5.32 Å². The Morgan fingerprint density at radius 2 is 1.89 bits per heavy atom. The van der Waals surface area contributed by atoms with Crippen molar-refractivity contribution in [3.05, 3.63) is 52.5 Å². The van der Waals surface area contributed by atoms with Gasteiger partial charge in [-0.25, -0.2) is 4.98 Å². The topological polar surface area (TPSA) is 28.2 Å². The summed E-state index contributed by atoms with van der Waals surface area (Å²) in [5.74, 6) is 0. The molecule has 3 nitrogen and oxygen atoms in total. The lowest BCUT2D eigenvalue weighted by molar-refractivity contribution is 0.198. The second kappa shape index (κ2) is 7.01. The molecule has 2 aromatic rings. The Morgan fingerprint density at radius 3 is 2.53 bits per heavy atom. The van der Waals surface area contributed by atoms with Gasteiger partial charge in [0.2, 0.25) is 0 Å². The fraction of sp³-hybridized carbons (Fsp3) is 0.357. The van der Waals surface area contributed by atoms with Crippen LogP contribution < -0.4 is 5.32 Å². The Balaban J connectivity index is 0.00000133. The van der Waals surface area contributed by atoms with Crippen LogP contribution in [-0.4, -0.2) is 36.1 Å². The zero-order chi connectivity index (χ0) is 12.2. The van der Waals surface area contributed by atoms with Gasteiger partial charge in [0, 0.05) is 37.8 Å². The molecular formula is C14H18ClN3S. The fourth-order valence-electron chi connectivity index (χ4n) is 2.45. The van der Waals surface area contributed by atoms with Crippen molar-refractivity contribution < 1.29 is 0 Å². The summed E-state index contributed by atoms with van der Waals surface area (Å²) >= 11 is 1.75. The van der Waals surface area contributed by atoms with E-state index in [-0.39, 0.29) is 12.4 Å². The van der Waals surface area contributed by atoms with Crippen LogP contribution in [0, 0.1) is 0 Å². The van der Waals surface area contributed by atoms with Crippen LogP contribution in [0.15, 0.2) is 41.9 Å². The summed E-state index contributed by atoms with van der Waals surface area (Å²) in [4.78, 5) is 7.04. The Kier molecular flexibility index (Phi) is 5.34. The van der Waals surface area contributed by atoms with Crippen molar-refractivity contribution >= 4 is 23.7 Å². The molecule has 19 heavy (non-hydrogen) atoms. The van der Waals surface area contributed by atoms with Crippen molar-refractivity contribution in [3.63, 3.8) is 0 Å². The molecule has 1 saturated heterocycles. The maximum Gasteiger partial charge on any atom is 0.114 e. The first-order chi connectivity index (χ1) is 8.95. The predicted molar refractivity (Wildman–Crippen MR) is 82.1 cm³/mol. The van der Waals surface area contributed by atoms with Gasteiger partial charge in [0.05, 0.1) is 6.04 Å².